The van der Waals surface area contributed by atoms with Gasteiger partial charge in [-0.1, -0.05) is 68.3 Å². The molecule has 1 rings (SSSR count). The molecule has 0 unspecified atom stereocenters. The summed E-state index contributed by atoms with van der Waals surface area (Å²) in [5.74, 6) is -0.00712. The van der Waals surface area contributed by atoms with Gasteiger partial charge in [0.15, 0.2) is 5.75 Å². The van der Waals surface area contributed by atoms with Gasteiger partial charge in [0.05, 0.1) is 10.0 Å². The van der Waals surface area contributed by atoms with E-state index in [1.165, 1.54) is 25.7 Å². The summed E-state index contributed by atoms with van der Waals surface area (Å²) in [6, 6.07) is 5.03. The Kier molecular flexibility index (Phi) is 7.92. The van der Waals surface area contributed by atoms with Gasteiger partial charge in [-0.25, -0.2) is 0 Å². The average Bonchev–Trinajstić information content (AvgIpc) is 2.38. The Labute approximate surface area is 125 Å². The number of ether oxygens (including phenoxy) is 1. The van der Waals surface area contributed by atoms with E-state index in [1.807, 2.05) is 0 Å². The summed E-state index contributed by atoms with van der Waals surface area (Å²) in [7, 11) is 0. The molecule has 0 saturated heterocycles. The van der Waals surface area contributed by atoms with Crippen LogP contribution < -0.4 is 4.74 Å². The fourth-order valence-corrected chi connectivity index (χ4v) is 2.27. The Morgan fingerprint density at radius 1 is 1.05 bits per heavy atom. The van der Waals surface area contributed by atoms with Crippen LogP contribution in [0.15, 0.2) is 18.2 Å². The second-order valence-electron chi connectivity index (χ2n) is 4.54. The summed E-state index contributed by atoms with van der Waals surface area (Å²) in [6.07, 6.45) is 7.23. The number of rotatable bonds is 8. The van der Waals surface area contributed by atoms with Crippen LogP contribution in [0.5, 0.6) is 5.75 Å². The van der Waals surface area contributed by atoms with Gasteiger partial charge in [-0.05, 0) is 18.6 Å². The van der Waals surface area contributed by atoms with Gasteiger partial charge < -0.3 is 4.74 Å². The SMILES string of the molecule is CCCCCCCCC(=O)Oc1c(Cl)cccc1Cl. The third kappa shape index (κ3) is 6.31. The smallest absolute Gasteiger partial charge is 0.311 e. The predicted molar refractivity (Wildman–Crippen MR) is 80.1 cm³/mol. The van der Waals surface area contributed by atoms with Crippen LogP contribution in [-0.4, -0.2) is 5.97 Å². The highest BCUT2D eigenvalue weighted by Gasteiger charge is 2.11. The average molecular weight is 303 g/mol. The molecule has 0 fully saturated rings. The monoisotopic (exact) mass is 302 g/mol. The summed E-state index contributed by atoms with van der Waals surface area (Å²) in [5, 5.41) is 0.729. The Morgan fingerprint density at radius 3 is 2.26 bits per heavy atom. The van der Waals surface area contributed by atoms with Gasteiger partial charge in [-0.15, -0.1) is 0 Å². The summed E-state index contributed by atoms with van der Waals surface area (Å²) < 4.78 is 5.20. The molecule has 0 spiro atoms. The molecule has 4 heteroatoms. The zero-order valence-corrected chi connectivity index (χ0v) is 12.8. The number of esters is 1. The van der Waals surface area contributed by atoms with E-state index in [4.69, 9.17) is 27.9 Å². The zero-order chi connectivity index (χ0) is 14.1. The summed E-state index contributed by atoms with van der Waals surface area (Å²) in [5.41, 5.74) is 0. The quantitative estimate of drug-likeness (QED) is 0.352. The van der Waals surface area contributed by atoms with Crippen LogP contribution in [0, 0.1) is 0 Å². The first-order valence-corrected chi connectivity index (χ1v) is 7.55. The van der Waals surface area contributed by atoms with Crippen molar-refractivity contribution in [3.8, 4) is 5.75 Å². The topological polar surface area (TPSA) is 26.3 Å². The van der Waals surface area contributed by atoms with E-state index >= 15 is 0 Å². The van der Waals surface area contributed by atoms with Crippen molar-refractivity contribution in [2.75, 3.05) is 0 Å². The minimum Gasteiger partial charge on any atom is -0.423 e. The van der Waals surface area contributed by atoms with Gasteiger partial charge in [-0.3, -0.25) is 4.79 Å². The largest absolute Gasteiger partial charge is 0.423 e. The number of carbonyl (C=O) groups excluding carboxylic acids is 1. The van der Waals surface area contributed by atoms with Gasteiger partial charge in [0.25, 0.3) is 0 Å². The first-order valence-electron chi connectivity index (χ1n) is 6.80. The molecule has 0 N–H and O–H groups in total. The van der Waals surface area contributed by atoms with Crippen LogP contribution in [0.4, 0.5) is 0 Å². The highest BCUT2D eigenvalue weighted by molar-refractivity contribution is 6.37. The lowest BCUT2D eigenvalue weighted by atomic mass is 10.1. The highest BCUT2D eigenvalue weighted by Crippen LogP contribution is 2.32. The van der Waals surface area contributed by atoms with Crippen LogP contribution in [0.1, 0.15) is 51.9 Å². The van der Waals surface area contributed by atoms with Crippen LogP contribution in [-0.2, 0) is 4.79 Å². The van der Waals surface area contributed by atoms with Crippen LogP contribution >= 0.6 is 23.2 Å². The van der Waals surface area contributed by atoms with Gasteiger partial charge in [0, 0.05) is 6.42 Å². The molecule has 0 aliphatic heterocycles. The van der Waals surface area contributed by atoms with E-state index in [-0.39, 0.29) is 11.7 Å². The maximum Gasteiger partial charge on any atom is 0.311 e. The first kappa shape index (κ1) is 16.3. The number of benzene rings is 1. The Balaban J connectivity index is 2.28. The van der Waals surface area contributed by atoms with E-state index in [9.17, 15) is 4.79 Å². The number of unbranched alkanes of at least 4 members (excludes halogenated alkanes) is 5. The first-order chi connectivity index (χ1) is 9.15. The Bertz CT molecular complexity index is 385. The summed E-state index contributed by atoms with van der Waals surface area (Å²) >= 11 is 11.9. The van der Waals surface area contributed by atoms with Crippen LogP contribution in [0.25, 0.3) is 0 Å². The number of hydrogen-bond acceptors (Lipinski definition) is 2. The van der Waals surface area contributed by atoms with Crippen molar-refractivity contribution < 1.29 is 9.53 Å². The van der Waals surface area contributed by atoms with E-state index in [1.54, 1.807) is 18.2 Å². The molecule has 0 bridgehead atoms. The van der Waals surface area contributed by atoms with Crippen molar-refractivity contribution in [2.45, 2.75) is 51.9 Å². The molecule has 1 aromatic rings. The maximum absolute atomic E-state index is 11.7. The highest BCUT2D eigenvalue weighted by atomic mass is 35.5. The second kappa shape index (κ2) is 9.22. The minimum atomic E-state index is -0.273. The molecule has 0 radical (unpaired) electrons. The lowest BCUT2D eigenvalue weighted by Crippen LogP contribution is -2.08. The Hall–Kier alpha value is -0.730. The lowest BCUT2D eigenvalue weighted by Gasteiger charge is -2.07. The molecular formula is C15H20Cl2O2. The number of carbonyl (C=O) groups is 1. The summed E-state index contributed by atoms with van der Waals surface area (Å²) in [6.45, 7) is 2.19. The summed E-state index contributed by atoms with van der Waals surface area (Å²) in [4.78, 5) is 11.7. The van der Waals surface area contributed by atoms with Crippen molar-refractivity contribution in [1.82, 2.24) is 0 Å². The third-order valence-electron chi connectivity index (χ3n) is 2.87. The second-order valence-corrected chi connectivity index (χ2v) is 5.36. The van der Waals surface area contributed by atoms with Crippen molar-refractivity contribution >= 4 is 29.2 Å². The van der Waals surface area contributed by atoms with Gasteiger partial charge in [0.1, 0.15) is 0 Å². The molecule has 2 nitrogen and oxygen atoms in total. The molecule has 0 aliphatic carbocycles. The van der Waals surface area contributed by atoms with E-state index in [0.29, 0.717) is 16.5 Å². The molecule has 0 saturated carbocycles. The molecule has 106 valence electrons. The maximum atomic E-state index is 11.7. The van der Waals surface area contributed by atoms with Crippen molar-refractivity contribution in [3.63, 3.8) is 0 Å². The standard InChI is InChI=1S/C15H20Cl2O2/c1-2-3-4-5-6-7-11-14(18)19-15-12(16)9-8-10-13(15)17/h8-10H,2-7,11H2,1H3. The predicted octanol–water partition coefficient (Wildman–Crippen LogP) is 5.65. The van der Waals surface area contributed by atoms with Gasteiger partial charge in [-0.2, -0.15) is 0 Å². The fourth-order valence-electron chi connectivity index (χ4n) is 1.79. The molecule has 19 heavy (non-hydrogen) atoms. The van der Waals surface area contributed by atoms with Crippen molar-refractivity contribution in [3.05, 3.63) is 28.2 Å². The molecule has 0 aliphatic rings. The van der Waals surface area contributed by atoms with Crippen molar-refractivity contribution in [1.29, 1.82) is 0 Å². The molecule has 0 atom stereocenters. The number of hydrogen-bond donors (Lipinski definition) is 0. The molecule has 0 amide bonds. The molecule has 0 aromatic heterocycles. The molecule has 1 aromatic carbocycles. The minimum absolute atomic E-state index is 0.266. The number of halogens is 2. The normalized spacial score (nSPS) is 10.5. The molecule has 0 heterocycles. The number of para-hydroxylation sites is 1. The zero-order valence-electron chi connectivity index (χ0n) is 11.3. The fraction of sp³-hybridized carbons (Fsp3) is 0.533. The van der Waals surface area contributed by atoms with Crippen LogP contribution in [0.3, 0.4) is 0 Å². The van der Waals surface area contributed by atoms with Crippen LogP contribution in [0.2, 0.25) is 10.0 Å². The van der Waals surface area contributed by atoms with Crippen molar-refractivity contribution in [2.24, 2.45) is 0 Å². The van der Waals surface area contributed by atoms with E-state index in [2.05, 4.69) is 6.92 Å². The Morgan fingerprint density at radius 2 is 1.63 bits per heavy atom. The third-order valence-corrected chi connectivity index (χ3v) is 3.46. The van der Waals surface area contributed by atoms with Gasteiger partial charge in [0.2, 0.25) is 0 Å². The van der Waals surface area contributed by atoms with Gasteiger partial charge >= 0.3 is 5.97 Å². The lowest BCUT2D eigenvalue weighted by molar-refractivity contribution is -0.134. The van der Waals surface area contributed by atoms with E-state index in [0.717, 1.165) is 12.8 Å². The molecular weight excluding hydrogens is 283 g/mol. The van der Waals surface area contributed by atoms with E-state index < -0.39 is 0 Å².